The number of thioether (sulfide) groups is 1. The summed E-state index contributed by atoms with van der Waals surface area (Å²) in [5, 5.41) is 0.471. The molecule has 2 aromatic rings. The van der Waals surface area contributed by atoms with Crippen LogP contribution in [0.25, 0.3) is 0 Å². The first-order valence-corrected chi connectivity index (χ1v) is 7.65. The molecule has 2 aliphatic rings. The molecule has 0 saturated heterocycles. The number of benzene rings is 2. The average molecular weight is 265 g/mol. The molecule has 1 unspecified atom stereocenters. The largest absolute Gasteiger partial charge is 0.348 e. The van der Waals surface area contributed by atoms with Crippen LogP contribution >= 0.6 is 11.8 Å². The van der Waals surface area contributed by atoms with E-state index in [1.165, 1.54) is 21.7 Å². The zero-order valence-electron chi connectivity index (χ0n) is 10.7. The number of rotatable bonds is 1. The van der Waals surface area contributed by atoms with Gasteiger partial charge in [0, 0.05) is 17.0 Å². The highest BCUT2D eigenvalue weighted by atomic mass is 32.2. The van der Waals surface area contributed by atoms with Gasteiger partial charge in [-0.25, -0.2) is 0 Å². The van der Waals surface area contributed by atoms with Crippen molar-refractivity contribution in [3.8, 4) is 0 Å². The Morgan fingerprint density at radius 3 is 2.68 bits per heavy atom. The molecule has 0 bridgehead atoms. The second-order valence-electron chi connectivity index (χ2n) is 5.04. The predicted molar refractivity (Wildman–Crippen MR) is 80.3 cm³/mol. The minimum absolute atomic E-state index is 0.471. The molecule has 0 aromatic heterocycles. The Hall–Kier alpha value is -1.41. The standard InChI is InChI=1S/C17H15NS/c1-3-9-15-13(6-1)8-5-11-18(15)17-12-14-7-2-4-10-16(14)19-17/h1-4,6-7,9-10,17H,5,8,12H2. The van der Waals surface area contributed by atoms with Gasteiger partial charge in [0.2, 0.25) is 0 Å². The van der Waals surface area contributed by atoms with E-state index in [1.54, 1.807) is 0 Å². The monoisotopic (exact) mass is 265 g/mol. The highest BCUT2D eigenvalue weighted by Gasteiger charge is 2.30. The molecule has 0 N–H and O–H groups in total. The maximum absolute atomic E-state index is 3.56. The minimum Gasteiger partial charge on any atom is -0.348 e. The number of anilines is 1. The van der Waals surface area contributed by atoms with Crippen LogP contribution in [0.1, 0.15) is 17.5 Å². The third-order valence-electron chi connectivity index (χ3n) is 3.85. The first kappa shape index (κ1) is 11.4. The highest BCUT2D eigenvalue weighted by molar-refractivity contribution is 8.00. The van der Waals surface area contributed by atoms with Crippen LogP contribution in [0.15, 0.2) is 53.4 Å². The second kappa shape index (κ2) is 4.61. The summed E-state index contributed by atoms with van der Waals surface area (Å²) in [7, 11) is 0. The topological polar surface area (TPSA) is 3.24 Å². The summed E-state index contributed by atoms with van der Waals surface area (Å²) in [4.78, 5) is 3.79. The van der Waals surface area contributed by atoms with Crippen molar-refractivity contribution >= 4 is 17.4 Å². The zero-order valence-corrected chi connectivity index (χ0v) is 11.5. The first-order valence-electron chi connectivity index (χ1n) is 6.77. The van der Waals surface area contributed by atoms with Crippen LogP contribution in [0.3, 0.4) is 0 Å². The van der Waals surface area contributed by atoms with E-state index in [0.717, 1.165) is 19.3 Å². The van der Waals surface area contributed by atoms with Crippen molar-refractivity contribution in [1.82, 2.24) is 0 Å². The van der Waals surface area contributed by atoms with Gasteiger partial charge in [0.15, 0.2) is 0 Å². The van der Waals surface area contributed by atoms with Gasteiger partial charge in [-0.1, -0.05) is 36.4 Å². The molecule has 94 valence electrons. The molecule has 2 heterocycles. The van der Waals surface area contributed by atoms with Gasteiger partial charge in [0.25, 0.3) is 0 Å². The SMILES string of the molecule is [C]1CCc2ccccc2N1C1Cc2ccccc2S1. The fourth-order valence-electron chi connectivity index (χ4n) is 2.92. The average Bonchev–Trinajstić information content (AvgIpc) is 2.90. The lowest BCUT2D eigenvalue weighted by molar-refractivity contribution is 0.738. The lowest BCUT2D eigenvalue weighted by Crippen LogP contribution is -2.33. The van der Waals surface area contributed by atoms with Crippen molar-refractivity contribution in [3.05, 3.63) is 66.2 Å². The Bertz CT molecular complexity index is 583. The van der Waals surface area contributed by atoms with Crippen molar-refractivity contribution in [3.63, 3.8) is 0 Å². The molecule has 1 nitrogen and oxygen atoms in total. The quantitative estimate of drug-likeness (QED) is 0.762. The van der Waals surface area contributed by atoms with Gasteiger partial charge in [-0.05, 0) is 36.1 Å². The van der Waals surface area contributed by atoms with Crippen LogP contribution < -0.4 is 4.90 Å². The summed E-state index contributed by atoms with van der Waals surface area (Å²) < 4.78 is 0. The molecule has 0 fully saturated rings. The Kier molecular flexibility index (Phi) is 2.77. The van der Waals surface area contributed by atoms with Crippen LogP contribution in [0.5, 0.6) is 0 Å². The van der Waals surface area contributed by atoms with E-state index in [2.05, 4.69) is 60.0 Å². The molecule has 19 heavy (non-hydrogen) atoms. The molecule has 1 atom stereocenters. The van der Waals surface area contributed by atoms with Crippen molar-refractivity contribution in [1.29, 1.82) is 0 Å². The maximum Gasteiger partial charge on any atom is 0.0927 e. The Balaban J connectivity index is 1.66. The smallest absolute Gasteiger partial charge is 0.0927 e. The number of hydrogen-bond acceptors (Lipinski definition) is 2. The Morgan fingerprint density at radius 1 is 1.00 bits per heavy atom. The summed E-state index contributed by atoms with van der Waals surface area (Å²) in [5.41, 5.74) is 4.28. The summed E-state index contributed by atoms with van der Waals surface area (Å²) in [5.74, 6) is 0. The molecule has 2 radical (unpaired) electrons. The van der Waals surface area contributed by atoms with Crippen LogP contribution in [0.4, 0.5) is 5.69 Å². The van der Waals surface area contributed by atoms with E-state index in [0.29, 0.717) is 5.37 Å². The molecular weight excluding hydrogens is 250 g/mol. The third-order valence-corrected chi connectivity index (χ3v) is 5.15. The zero-order chi connectivity index (χ0) is 12.7. The number of nitrogens with zero attached hydrogens (tertiary/aromatic N) is 1. The van der Waals surface area contributed by atoms with Crippen molar-refractivity contribution in [2.45, 2.75) is 29.5 Å². The van der Waals surface area contributed by atoms with E-state index in [4.69, 9.17) is 0 Å². The maximum atomic E-state index is 3.56. The summed E-state index contributed by atoms with van der Waals surface area (Å²) >= 11 is 1.97. The molecule has 4 rings (SSSR count). The van der Waals surface area contributed by atoms with Gasteiger partial charge >= 0.3 is 0 Å². The molecule has 2 aromatic carbocycles. The van der Waals surface area contributed by atoms with Gasteiger partial charge < -0.3 is 4.90 Å². The third kappa shape index (κ3) is 1.95. The lowest BCUT2D eigenvalue weighted by Gasteiger charge is -2.34. The second-order valence-corrected chi connectivity index (χ2v) is 6.26. The van der Waals surface area contributed by atoms with Gasteiger partial charge in [-0.3, -0.25) is 0 Å². The van der Waals surface area contributed by atoms with Crippen LogP contribution in [-0.4, -0.2) is 5.37 Å². The summed E-state index contributed by atoms with van der Waals surface area (Å²) in [6.07, 6.45) is 3.27. The highest BCUT2D eigenvalue weighted by Crippen LogP contribution is 2.42. The van der Waals surface area contributed by atoms with Gasteiger partial charge in [0.05, 0.1) is 11.9 Å². The van der Waals surface area contributed by atoms with Crippen molar-refractivity contribution in [2.24, 2.45) is 0 Å². The molecule has 0 aliphatic carbocycles. The Labute approximate surface area is 118 Å². The van der Waals surface area contributed by atoms with Crippen molar-refractivity contribution in [2.75, 3.05) is 4.90 Å². The predicted octanol–water partition coefficient (Wildman–Crippen LogP) is 4.15. The van der Waals surface area contributed by atoms with Gasteiger partial charge in [0.1, 0.15) is 0 Å². The van der Waals surface area contributed by atoms with Crippen LogP contribution in [0.2, 0.25) is 0 Å². The normalized spacial score (nSPS) is 21.1. The first-order chi connectivity index (χ1) is 9.42. The van der Waals surface area contributed by atoms with Gasteiger partial charge in [-0.2, -0.15) is 0 Å². The fraction of sp³-hybridized carbons (Fsp3) is 0.235. The number of fused-ring (bicyclic) bond motifs is 2. The number of aryl methyl sites for hydroxylation is 1. The molecular formula is C17H15NS. The number of para-hydroxylation sites is 1. The van der Waals surface area contributed by atoms with E-state index in [9.17, 15) is 0 Å². The van der Waals surface area contributed by atoms with E-state index in [1.807, 2.05) is 11.8 Å². The molecule has 0 saturated carbocycles. The minimum atomic E-state index is 0.471. The lowest BCUT2D eigenvalue weighted by atomic mass is 10.0. The molecule has 2 aliphatic heterocycles. The van der Waals surface area contributed by atoms with E-state index < -0.39 is 0 Å². The van der Waals surface area contributed by atoms with E-state index in [-0.39, 0.29) is 0 Å². The molecule has 2 heteroatoms. The van der Waals surface area contributed by atoms with Crippen LogP contribution in [-0.2, 0) is 12.8 Å². The summed E-state index contributed by atoms with van der Waals surface area (Å²) in [6.45, 7) is 3.56. The van der Waals surface area contributed by atoms with Gasteiger partial charge in [-0.15, -0.1) is 11.8 Å². The molecule has 0 spiro atoms. The fourth-order valence-corrected chi connectivity index (χ4v) is 4.23. The number of hydrogen-bond donors (Lipinski definition) is 0. The van der Waals surface area contributed by atoms with Crippen molar-refractivity contribution < 1.29 is 0 Å². The Morgan fingerprint density at radius 2 is 1.79 bits per heavy atom. The summed E-state index contributed by atoms with van der Waals surface area (Å²) in [6, 6.07) is 17.5. The molecule has 0 amide bonds. The van der Waals surface area contributed by atoms with Crippen LogP contribution in [0, 0.1) is 6.54 Å². The van der Waals surface area contributed by atoms with E-state index >= 15 is 0 Å².